The summed E-state index contributed by atoms with van der Waals surface area (Å²) in [6, 6.07) is 2.37. The Morgan fingerprint density at radius 2 is 2.38 bits per heavy atom. The van der Waals surface area contributed by atoms with Crippen molar-refractivity contribution in [3.8, 4) is 0 Å². The Hall–Kier alpha value is -1.04. The number of nitrogens with one attached hydrogen (secondary N) is 1. The summed E-state index contributed by atoms with van der Waals surface area (Å²) in [4.78, 5) is 9.64. The molecule has 1 N–H and O–H groups in total. The van der Waals surface area contributed by atoms with E-state index in [9.17, 15) is 0 Å². The number of rotatable bonds is 5. The van der Waals surface area contributed by atoms with Crippen LogP contribution >= 0.6 is 11.3 Å². The lowest BCUT2D eigenvalue weighted by atomic mass is 10.1. The summed E-state index contributed by atoms with van der Waals surface area (Å²) in [7, 11) is 3.65. The third-order valence-corrected chi connectivity index (χ3v) is 3.38. The van der Waals surface area contributed by atoms with Crippen molar-refractivity contribution in [2.75, 3.05) is 20.8 Å². The molecule has 0 amide bonds. The zero-order valence-electron chi connectivity index (χ0n) is 9.43. The number of hydrogen-bond acceptors (Lipinski definition) is 5. The molecule has 0 aromatic carbocycles. The standard InChI is InChI=1S/C11H15N3OS/c1-12-8(6-15-2)5-10-9-3-4-16-11(9)14-7-13-10/h3-4,7-8,12H,5-6H2,1-2H3. The van der Waals surface area contributed by atoms with Gasteiger partial charge >= 0.3 is 0 Å². The minimum atomic E-state index is 0.294. The summed E-state index contributed by atoms with van der Waals surface area (Å²) >= 11 is 1.65. The van der Waals surface area contributed by atoms with Crippen LogP contribution in [0, 0.1) is 0 Å². The van der Waals surface area contributed by atoms with Gasteiger partial charge in [-0.3, -0.25) is 0 Å². The summed E-state index contributed by atoms with van der Waals surface area (Å²) in [5, 5.41) is 6.43. The van der Waals surface area contributed by atoms with Crippen LogP contribution in [0.2, 0.25) is 0 Å². The number of aromatic nitrogens is 2. The van der Waals surface area contributed by atoms with Crippen molar-refractivity contribution in [1.29, 1.82) is 0 Å². The first-order chi connectivity index (χ1) is 7.85. The molecule has 0 saturated carbocycles. The Balaban J connectivity index is 2.22. The molecule has 5 heteroatoms. The van der Waals surface area contributed by atoms with Gasteiger partial charge in [0.05, 0.1) is 12.3 Å². The number of fused-ring (bicyclic) bond motifs is 1. The van der Waals surface area contributed by atoms with Crippen molar-refractivity contribution in [3.63, 3.8) is 0 Å². The van der Waals surface area contributed by atoms with Crippen LogP contribution in [0.1, 0.15) is 5.69 Å². The molecule has 0 bridgehead atoms. The van der Waals surface area contributed by atoms with E-state index in [2.05, 4.69) is 21.4 Å². The molecular formula is C11H15N3OS. The Bertz CT molecular complexity index is 457. The highest BCUT2D eigenvalue weighted by Gasteiger charge is 2.11. The molecule has 86 valence electrons. The number of hydrogen-bond donors (Lipinski definition) is 1. The van der Waals surface area contributed by atoms with Crippen molar-refractivity contribution >= 4 is 21.6 Å². The highest BCUT2D eigenvalue weighted by molar-refractivity contribution is 7.16. The minimum Gasteiger partial charge on any atom is -0.383 e. The molecule has 4 nitrogen and oxygen atoms in total. The minimum absolute atomic E-state index is 0.294. The third-order valence-electron chi connectivity index (χ3n) is 2.56. The fourth-order valence-corrected chi connectivity index (χ4v) is 2.44. The van der Waals surface area contributed by atoms with Gasteiger partial charge < -0.3 is 10.1 Å². The first-order valence-corrected chi connectivity index (χ1v) is 6.06. The van der Waals surface area contributed by atoms with Gasteiger partial charge in [0.25, 0.3) is 0 Å². The van der Waals surface area contributed by atoms with Crippen molar-refractivity contribution in [1.82, 2.24) is 15.3 Å². The highest BCUT2D eigenvalue weighted by Crippen LogP contribution is 2.21. The van der Waals surface area contributed by atoms with E-state index in [-0.39, 0.29) is 0 Å². The quantitative estimate of drug-likeness (QED) is 0.855. The summed E-state index contributed by atoms with van der Waals surface area (Å²) in [6.45, 7) is 0.687. The lowest BCUT2D eigenvalue weighted by molar-refractivity contribution is 0.169. The predicted octanol–water partition coefficient (Wildman–Crippen LogP) is 1.47. The summed E-state index contributed by atoms with van der Waals surface area (Å²) in [5.41, 5.74) is 1.09. The molecule has 1 atom stereocenters. The van der Waals surface area contributed by atoms with E-state index in [0.717, 1.165) is 22.3 Å². The average molecular weight is 237 g/mol. The molecule has 1 unspecified atom stereocenters. The van der Waals surface area contributed by atoms with E-state index in [1.807, 2.05) is 12.4 Å². The number of ether oxygens (including phenoxy) is 1. The topological polar surface area (TPSA) is 47.0 Å². The van der Waals surface area contributed by atoms with Crippen LogP contribution in [-0.2, 0) is 11.2 Å². The van der Waals surface area contributed by atoms with Crippen LogP contribution in [-0.4, -0.2) is 36.8 Å². The van der Waals surface area contributed by atoms with Crippen molar-refractivity contribution in [2.24, 2.45) is 0 Å². The maximum atomic E-state index is 5.16. The van der Waals surface area contributed by atoms with Crippen molar-refractivity contribution < 1.29 is 4.74 Å². The molecule has 0 aliphatic carbocycles. The number of likely N-dealkylation sites (N-methyl/N-ethyl adjacent to an activating group) is 1. The average Bonchev–Trinajstić information content (AvgIpc) is 2.77. The lowest BCUT2D eigenvalue weighted by Gasteiger charge is -2.14. The smallest absolute Gasteiger partial charge is 0.126 e. The largest absolute Gasteiger partial charge is 0.383 e. The summed E-state index contributed by atoms with van der Waals surface area (Å²) in [5.74, 6) is 0. The molecule has 0 saturated heterocycles. The molecular weight excluding hydrogens is 222 g/mol. The number of methoxy groups -OCH3 is 1. The number of thiophene rings is 1. The summed E-state index contributed by atoms with van der Waals surface area (Å²) in [6.07, 6.45) is 2.49. The van der Waals surface area contributed by atoms with Gasteiger partial charge in [-0.05, 0) is 18.5 Å². The van der Waals surface area contributed by atoms with Gasteiger partial charge in [0.1, 0.15) is 11.2 Å². The predicted molar refractivity (Wildman–Crippen MR) is 65.8 cm³/mol. The third kappa shape index (κ3) is 2.37. The molecule has 0 radical (unpaired) electrons. The van der Waals surface area contributed by atoms with Crippen LogP contribution < -0.4 is 5.32 Å². The van der Waals surface area contributed by atoms with Crippen LogP contribution in [0.5, 0.6) is 0 Å². The first-order valence-electron chi connectivity index (χ1n) is 5.18. The van der Waals surface area contributed by atoms with E-state index in [1.165, 1.54) is 0 Å². The molecule has 2 heterocycles. The molecule has 16 heavy (non-hydrogen) atoms. The van der Waals surface area contributed by atoms with E-state index >= 15 is 0 Å². The van der Waals surface area contributed by atoms with E-state index in [1.54, 1.807) is 24.8 Å². The van der Waals surface area contributed by atoms with Gasteiger partial charge in [-0.25, -0.2) is 9.97 Å². The molecule has 0 aliphatic heterocycles. The molecule has 0 spiro atoms. The second-order valence-electron chi connectivity index (χ2n) is 3.60. The van der Waals surface area contributed by atoms with Gasteiger partial charge in [-0.15, -0.1) is 11.3 Å². The van der Waals surface area contributed by atoms with Crippen LogP contribution in [0.25, 0.3) is 10.2 Å². The molecule has 2 rings (SSSR count). The Kier molecular flexibility index (Phi) is 3.82. The zero-order valence-corrected chi connectivity index (χ0v) is 10.3. The van der Waals surface area contributed by atoms with Gasteiger partial charge in [0.2, 0.25) is 0 Å². The number of nitrogens with zero attached hydrogens (tertiary/aromatic N) is 2. The molecule has 0 fully saturated rings. The second-order valence-corrected chi connectivity index (χ2v) is 4.50. The fourth-order valence-electron chi connectivity index (χ4n) is 1.68. The second kappa shape index (κ2) is 5.34. The first kappa shape index (κ1) is 11.4. The highest BCUT2D eigenvalue weighted by atomic mass is 32.1. The van der Waals surface area contributed by atoms with Gasteiger partial charge in [-0.2, -0.15) is 0 Å². The van der Waals surface area contributed by atoms with E-state index in [0.29, 0.717) is 12.6 Å². The molecule has 2 aromatic heterocycles. The monoisotopic (exact) mass is 237 g/mol. The maximum Gasteiger partial charge on any atom is 0.126 e. The molecule has 0 aliphatic rings. The van der Waals surface area contributed by atoms with Gasteiger partial charge in [0, 0.05) is 25.0 Å². The lowest BCUT2D eigenvalue weighted by Crippen LogP contribution is -2.32. The van der Waals surface area contributed by atoms with Crippen molar-refractivity contribution in [2.45, 2.75) is 12.5 Å². The van der Waals surface area contributed by atoms with Gasteiger partial charge in [0.15, 0.2) is 0 Å². The van der Waals surface area contributed by atoms with Crippen LogP contribution in [0.4, 0.5) is 0 Å². The van der Waals surface area contributed by atoms with Crippen molar-refractivity contribution in [3.05, 3.63) is 23.5 Å². The van der Waals surface area contributed by atoms with Gasteiger partial charge in [-0.1, -0.05) is 0 Å². The maximum absolute atomic E-state index is 5.16. The Morgan fingerprint density at radius 3 is 3.12 bits per heavy atom. The normalized spacial score (nSPS) is 13.1. The summed E-state index contributed by atoms with van der Waals surface area (Å²) < 4.78 is 5.16. The van der Waals surface area contributed by atoms with Crippen LogP contribution in [0.3, 0.4) is 0 Å². The Morgan fingerprint density at radius 1 is 1.50 bits per heavy atom. The Labute approximate surface area is 98.7 Å². The van der Waals surface area contributed by atoms with E-state index < -0.39 is 0 Å². The fraction of sp³-hybridized carbons (Fsp3) is 0.455. The SMILES string of the molecule is CNC(COC)Cc1ncnc2sccc12. The van der Waals surface area contributed by atoms with E-state index in [4.69, 9.17) is 4.74 Å². The van der Waals surface area contributed by atoms with Crippen LogP contribution in [0.15, 0.2) is 17.8 Å². The zero-order chi connectivity index (χ0) is 11.4. The molecule has 2 aromatic rings.